The second-order valence-electron chi connectivity index (χ2n) is 3.42. The number of hydrogen-bond donors (Lipinski definition) is 1. The lowest BCUT2D eigenvalue weighted by molar-refractivity contribution is 0.0702. The number of nitrogens with zero attached hydrogens (tertiary/aromatic N) is 2. The molecule has 0 fully saturated rings. The monoisotopic (exact) mass is 338 g/mol. The number of thiophene rings is 1. The van der Waals surface area contributed by atoms with Crippen LogP contribution in [-0.4, -0.2) is 22.7 Å². The summed E-state index contributed by atoms with van der Waals surface area (Å²) in [5, 5.41) is 17.5. The second kappa shape index (κ2) is 5.82. The third-order valence-electron chi connectivity index (χ3n) is 2.16. The topological polar surface area (TPSA) is 83.2 Å². The van der Waals surface area contributed by atoms with Gasteiger partial charge in [-0.2, -0.15) is 5.26 Å². The van der Waals surface area contributed by atoms with Crippen LogP contribution >= 0.6 is 27.3 Å². The lowest BCUT2D eigenvalue weighted by atomic mass is 10.3. The lowest BCUT2D eigenvalue weighted by Crippen LogP contribution is -1.96. The van der Waals surface area contributed by atoms with E-state index in [9.17, 15) is 4.79 Å². The van der Waals surface area contributed by atoms with Gasteiger partial charge in [-0.25, -0.2) is 4.79 Å². The minimum atomic E-state index is -0.979. The van der Waals surface area contributed by atoms with Crippen LogP contribution in [0.5, 0.6) is 5.75 Å². The van der Waals surface area contributed by atoms with E-state index in [1.54, 1.807) is 18.3 Å². The number of hydrogen-bond acceptors (Lipinski definition) is 5. The average molecular weight is 339 g/mol. The van der Waals surface area contributed by atoms with E-state index in [-0.39, 0.29) is 11.5 Å². The van der Waals surface area contributed by atoms with E-state index in [1.165, 1.54) is 6.07 Å². The molecule has 0 aliphatic carbocycles. The minimum Gasteiger partial charge on any atom is -0.477 e. The number of carboxylic acids is 1. The molecule has 0 spiro atoms. The van der Waals surface area contributed by atoms with E-state index < -0.39 is 5.97 Å². The van der Waals surface area contributed by atoms with Gasteiger partial charge in [0.2, 0.25) is 0 Å². The number of ether oxygens (including phenoxy) is 1. The van der Waals surface area contributed by atoms with E-state index in [1.807, 2.05) is 6.07 Å². The highest BCUT2D eigenvalue weighted by Gasteiger charge is 2.14. The van der Waals surface area contributed by atoms with Crippen LogP contribution in [0, 0.1) is 11.3 Å². The van der Waals surface area contributed by atoms with Gasteiger partial charge in [-0.05, 0) is 34.1 Å². The Morgan fingerprint density at radius 1 is 1.58 bits per heavy atom. The first-order valence-corrected chi connectivity index (χ1v) is 6.71. The van der Waals surface area contributed by atoms with Crippen molar-refractivity contribution in [3.05, 3.63) is 33.7 Å². The first-order chi connectivity index (χ1) is 9.11. The van der Waals surface area contributed by atoms with Crippen molar-refractivity contribution in [3.8, 4) is 22.4 Å². The summed E-state index contributed by atoms with van der Waals surface area (Å²) in [6.07, 6.45) is 1.59. The molecule has 96 valence electrons. The lowest BCUT2D eigenvalue weighted by Gasteiger charge is -2.07. The molecule has 1 N–H and O–H groups in total. The van der Waals surface area contributed by atoms with E-state index in [2.05, 4.69) is 20.9 Å². The fraction of sp³-hybridized carbons (Fsp3) is 0.0833. The van der Waals surface area contributed by atoms with Crippen LogP contribution in [0.2, 0.25) is 0 Å². The fourth-order valence-electron chi connectivity index (χ4n) is 1.41. The molecular formula is C12H7BrN2O3S. The van der Waals surface area contributed by atoms with Crippen LogP contribution in [0.1, 0.15) is 9.67 Å². The van der Waals surface area contributed by atoms with Crippen LogP contribution in [-0.2, 0) is 0 Å². The molecule has 0 atom stereocenters. The van der Waals surface area contributed by atoms with Crippen molar-refractivity contribution in [2.24, 2.45) is 0 Å². The van der Waals surface area contributed by atoms with Crippen molar-refractivity contribution in [1.82, 2.24) is 4.98 Å². The maximum Gasteiger partial charge on any atom is 0.345 e. The van der Waals surface area contributed by atoms with Gasteiger partial charge in [0, 0.05) is 10.7 Å². The molecule has 0 unspecified atom stereocenters. The first-order valence-electron chi connectivity index (χ1n) is 5.10. The molecule has 0 amide bonds. The Balaban J connectivity index is 2.42. The molecule has 2 aromatic heterocycles. The summed E-state index contributed by atoms with van der Waals surface area (Å²) in [5.74, 6) is -0.539. The zero-order valence-corrected chi connectivity index (χ0v) is 11.9. The van der Waals surface area contributed by atoms with Gasteiger partial charge < -0.3 is 9.84 Å². The van der Waals surface area contributed by atoms with Crippen LogP contribution in [0.4, 0.5) is 0 Å². The number of nitriles is 1. The molecule has 0 saturated heterocycles. The molecule has 2 aromatic rings. The highest BCUT2D eigenvalue weighted by atomic mass is 79.9. The van der Waals surface area contributed by atoms with Crippen LogP contribution < -0.4 is 4.74 Å². The summed E-state index contributed by atoms with van der Waals surface area (Å²) in [6, 6.07) is 6.76. The quantitative estimate of drug-likeness (QED) is 0.925. The summed E-state index contributed by atoms with van der Waals surface area (Å²) in [5.41, 5.74) is 0.524. The van der Waals surface area contributed by atoms with Gasteiger partial charge >= 0.3 is 5.97 Å². The molecule has 0 radical (unpaired) electrons. The Morgan fingerprint density at radius 2 is 2.37 bits per heavy atom. The number of carbonyl (C=O) groups is 1. The van der Waals surface area contributed by atoms with Crippen molar-refractivity contribution < 1.29 is 14.6 Å². The average Bonchev–Trinajstić information content (AvgIpc) is 2.86. The maximum absolute atomic E-state index is 10.9. The number of carboxylic acid groups (broad SMARTS) is 1. The van der Waals surface area contributed by atoms with Crippen LogP contribution in [0.3, 0.4) is 0 Å². The normalized spacial score (nSPS) is 9.89. The molecule has 2 heterocycles. The maximum atomic E-state index is 10.9. The van der Waals surface area contributed by atoms with Gasteiger partial charge in [0.1, 0.15) is 22.4 Å². The molecular weight excluding hydrogens is 332 g/mol. The number of pyridine rings is 1. The van der Waals surface area contributed by atoms with Gasteiger partial charge in [0.15, 0.2) is 6.61 Å². The molecule has 0 aliphatic rings. The zero-order chi connectivity index (χ0) is 13.8. The molecule has 0 aromatic carbocycles. The first kappa shape index (κ1) is 13.5. The van der Waals surface area contributed by atoms with Crippen molar-refractivity contribution in [3.63, 3.8) is 0 Å². The molecule has 19 heavy (non-hydrogen) atoms. The number of halogens is 1. The Bertz CT molecular complexity index is 663. The van der Waals surface area contributed by atoms with Crippen LogP contribution in [0.15, 0.2) is 28.9 Å². The fourth-order valence-corrected chi connectivity index (χ4v) is 2.56. The van der Waals surface area contributed by atoms with E-state index in [0.29, 0.717) is 16.3 Å². The Morgan fingerprint density at radius 3 is 3.00 bits per heavy atom. The molecule has 7 heteroatoms. The number of aromatic carboxylic acids is 1. The number of aromatic nitrogens is 1. The predicted octanol–water partition coefficient (Wildman–Crippen LogP) is 3.17. The number of rotatable bonds is 4. The minimum absolute atomic E-state index is 0.0949. The Hall–Kier alpha value is -1.91. The van der Waals surface area contributed by atoms with Crippen molar-refractivity contribution in [2.75, 3.05) is 6.61 Å². The third-order valence-corrected chi connectivity index (χ3v) is 3.68. The third kappa shape index (κ3) is 3.10. The molecule has 2 rings (SSSR count). The molecule has 0 saturated carbocycles. The van der Waals surface area contributed by atoms with Gasteiger partial charge in [0.05, 0.1) is 4.88 Å². The van der Waals surface area contributed by atoms with Crippen molar-refractivity contribution in [2.45, 2.75) is 0 Å². The van der Waals surface area contributed by atoms with Crippen molar-refractivity contribution in [1.29, 1.82) is 5.26 Å². The standard InChI is InChI=1S/C12H7BrN2O3S/c13-7-5-8(18-4-3-14)11(15-6-7)9-1-2-10(19-9)12(16)17/h1-2,5-6H,4H2,(H,16,17). The van der Waals surface area contributed by atoms with E-state index >= 15 is 0 Å². The summed E-state index contributed by atoms with van der Waals surface area (Å²) in [4.78, 5) is 16.0. The SMILES string of the molecule is N#CCOc1cc(Br)cnc1-c1ccc(C(=O)O)s1. The summed E-state index contributed by atoms with van der Waals surface area (Å²) in [7, 11) is 0. The Kier molecular flexibility index (Phi) is 4.14. The van der Waals surface area contributed by atoms with Gasteiger partial charge in [0.25, 0.3) is 0 Å². The highest BCUT2D eigenvalue weighted by Crippen LogP contribution is 2.34. The van der Waals surface area contributed by atoms with Crippen molar-refractivity contribution >= 4 is 33.2 Å². The van der Waals surface area contributed by atoms with Gasteiger partial charge in [-0.3, -0.25) is 4.98 Å². The van der Waals surface area contributed by atoms with Gasteiger partial charge in [-0.1, -0.05) is 0 Å². The summed E-state index contributed by atoms with van der Waals surface area (Å²) >= 11 is 4.38. The van der Waals surface area contributed by atoms with Gasteiger partial charge in [-0.15, -0.1) is 11.3 Å². The summed E-state index contributed by atoms with van der Waals surface area (Å²) in [6.45, 7) is -0.0949. The zero-order valence-electron chi connectivity index (χ0n) is 9.46. The van der Waals surface area contributed by atoms with Crippen LogP contribution in [0.25, 0.3) is 10.6 Å². The molecule has 0 bridgehead atoms. The smallest absolute Gasteiger partial charge is 0.345 e. The second-order valence-corrected chi connectivity index (χ2v) is 5.42. The highest BCUT2D eigenvalue weighted by molar-refractivity contribution is 9.10. The van der Waals surface area contributed by atoms with E-state index in [0.717, 1.165) is 15.8 Å². The summed E-state index contributed by atoms with van der Waals surface area (Å²) < 4.78 is 6.02. The largest absolute Gasteiger partial charge is 0.477 e. The molecule has 5 nitrogen and oxygen atoms in total. The Labute approximate surface area is 121 Å². The molecule has 0 aliphatic heterocycles. The van der Waals surface area contributed by atoms with E-state index in [4.69, 9.17) is 15.1 Å². The predicted molar refractivity (Wildman–Crippen MR) is 73.3 cm³/mol.